The first-order chi connectivity index (χ1) is 12.2. The summed E-state index contributed by atoms with van der Waals surface area (Å²) in [7, 11) is 1.92. The Hall–Kier alpha value is -2.51. The summed E-state index contributed by atoms with van der Waals surface area (Å²) in [6.45, 7) is 2.62. The number of hydrogen-bond donors (Lipinski definition) is 1. The van der Waals surface area contributed by atoms with E-state index >= 15 is 0 Å². The molecule has 0 amide bonds. The highest BCUT2D eigenvalue weighted by Crippen LogP contribution is 2.32. The first-order valence-electron chi connectivity index (χ1n) is 8.50. The second-order valence-electron chi connectivity index (χ2n) is 6.61. The molecule has 0 aliphatic carbocycles. The molecule has 1 aromatic carbocycles. The highest BCUT2D eigenvalue weighted by atomic mass is 16.3. The maximum atomic E-state index is 9.79. The summed E-state index contributed by atoms with van der Waals surface area (Å²) in [6.07, 6.45) is 5.55. The number of aromatic nitrogens is 5. The molecule has 1 N–H and O–H groups in total. The summed E-state index contributed by atoms with van der Waals surface area (Å²) >= 11 is 0. The SMILES string of the molecule is Cn1cc([C@@H]2CN(Cc3ncnn3-c3ccccc3)C[C@H]2CO)cn1. The Morgan fingerprint density at radius 2 is 2.00 bits per heavy atom. The van der Waals surface area contributed by atoms with E-state index in [4.69, 9.17) is 0 Å². The minimum Gasteiger partial charge on any atom is -0.396 e. The van der Waals surface area contributed by atoms with Crippen molar-refractivity contribution in [2.45, 2.75) is 12.5 Å². The fourth-order valence-corrected chi connectivity index (χ4v) is 3.64. The topological polar surface area (TPSA) is 72.0 Å². The van der Waals surface area contributed by atoms with E-state index in [-0.39, 0.29) is 12.5 Å². The highest BCUT2D eigenvalue weighted by Gasteiger charge is 2.34. The van der Waals surface area contributed by atoms with Crippen molar-refractivity contribution < 1.29 is 5.11 Å². The average molecular weight is 338 g/mol. The first-order valence-corrected chi connectivity index (χ1v) is 8.50. The van der Waals surface area contributed by atoms with Crippen LogP contribution < -0.4 is 0 Å². The van der Waals surface area contributed by atoms with Gasteiger partial charge in [0.2, 0.25) is 0 Å². The normalized spacial score (nSPS) is 21.0. The summed E-state index contributed by atoms with van der Waals surface area (Å²) in [5.74, 6) is 1.43. The fourth-order valence-electron chi connectivity index (χ4n) is 3.64. The highest BCUT2D eigenvalue weighted by molar-refractivity contribution is 5.30. The Balaban J connectivity index is 1.52. The number of benzene rings is 1. The van der Waals surface area contributed by atoms with Crippen molar-refractivity contribution in [3.63, 3.8) is 0 Å². The van der Waals surface area contributed by atoms with Crippen molar-refractivity contribution >= 4 is 0 Å². The Morgan fingerprint density at radius 1 is 1.16 bits per heavy atom. The molecule has 0 saturated carbocycles. The lowest BCUT2D eigenvalue weighted by atomic mass is 9.92. The third-order valence-corrected chi connectivity index (χ3v) is 4.89. The molecule has 3 heterocycles. The largest absolute Gasteiger partial charge is 0.396 e. The average Bonchev–Trinajstić information content (AvgIpc) is 3.35. The number of para-hydroxylation sites is 1. The van der Waals surface area contributed by atoms with Crippen LogP contribution in [0.15, 0.2) is 49.1 Å². The number of likely N-dealkylation sites (tertiary alicyclic amines) is 1. The third-order valence-electron chi connectivity index (χ3n) is 4.89. The number of nitrogens with zero attached hydrogens (tertiary/aromatic N) is 6. The van der Waals surface area contributed by atoms with E-state index in [9.17, 15) is 5.11 Å². The van der Waals surface area contributed by atoms with Crippen LogP contribution in [-0.2, 0) is 13.6 Å². The molecule has 3 aromatic rings. The summed E-state index contributed by atoms with van der Waals surface area (Å²) in [5.41, 5.74) is 2.20. The number of aryl methyl sites for hydroxylation is 1. The minimum atomic E-state index is 0.182. The van der Waals surface area contributed by atoms with Crippen LogP contribution >= 0.6 is 0 Å². The van der Waals surface area contributed by atoms with Crippen molar-refractivity contribution in [2.75, 3.05) is 19.7 Å². The van der Waals surface area contributed by atoms with Gasteiger partial charge in [-0.1, -0.05) is 18.2 Å². The molecule has 2 aromatic heterocycles. The molecule has 0 bridgehead atoms. The summed E-state index contributed by atoms with van der Waals surface area (Å²) in [6, 6.07) is 10.0. The second-order valence-corrected chi connectivity index (χ2v) is 6.61. The van der Waals surface area contributed by atoms with Gasteiger partial charge in [0, 0.05) is 44.8 Å². The van der Waals surface area contributed by atoms with Crippen LogP contribution in [0.5, 0.6) is 0 Å². The Morgan fingerprint density at radius 3 is 2.72 bits per heavy atom. The van der Waals surface area contributed by atoms with Gasteiger partial charge in [-0.25, -0.2) is 9.67 Å². The zero-order valence-electron chi connectivity index (χ0n) is 14.2. The Bertz CT molecular complexity index is 827. The molecule has 0 radical (unpaired) electrons. The van der Waals surface area contributed by atoms with Crippen molar-refractivity contribution in [3.8, 4) is 5.69 Å². The molecule has 25 heavy (non-hydrogen) atoms. The molecule has 0 spiro atoms. The van der Waals surface area contributed by atoms with E-state index in [0.717, 1.165) is 24.6 Å². The molecule has 0 unspecified atom stereocenters. The van der Waals surface area contributed by atoms with Crippen LogP contribution in [0, 0.1) is 5.92 Å². The van der Waals surface area contributed by atoms with Gasteiger partial charge in [-0.15, -0.1) is 0 Å². The number of rotatable bonds is 5. The maximum absolute atomic E-state index is 9.79. The number of aliphatic hydroxyl groups excluding tert-OH is 1. The van der Waals surface area contributed by atoms with E-state index in [2.05, 4.69) is 20.1 Å². The van der Waals surface area contributed by atoms with Crippen LogP contribution in [0.4, 0.5) is 0 Å². The van der Waals surface area contributed by atoms with Gasteiger partial charge in [-0.05, 0) is 17.7 Å². The molecule has 1 fully saturated rings. The van der Waals surface area contributed by atoms with Crippen LogP contribution in [-0.4, -0.2) is 54.2 Å². The van der Waals surface area contributed by atoms with E-state index < -0.39 is 0 Å². The van der Waals surface area contributed by atoms with Crippen molar-refractivity contribution in [2.24, 2.45) is 13.0 Å². The van der Waals surface area contributed by atoms with Gasteiger partial charge in [0.1, 0.15) is 12.2 Å². The predicted molar refractivity (Wildman–Crippen MR) is 93.2 cm³/mol. The van der Waals surface area contributed by atoms with Crippen molar-refractivity contribution in [3.05, 3.63) is 60.4 Å². The third kappa shape index (κ3) is 3.20. The molecule has 1 saturated heterocycles. The predicted octanol–water partition coefficient (Wildman–Crippen LogP) is 1.21. The van der Waals surface area contributed by atoms with E-state index in [1.807, 2.05) is 59.1 Å². The van der Waals surface area contributed by atoms with E-state index in [1.165, 1.54) is 5.56 Å². The first kappa shape index (κ1) is 16.0. The van der Waals surface area contributed by atoms with Gasteiger partial charge >= 0.3 is 0 Å². The van der Waals surface area contributed by atoms with E-state index in [0.29, 0.717) is 12.5 Å². The zero-order valence-corrected chi connectivity index (χ0v) is 14.2. The van der Waals surface area contributed by atoms with Crippen LogP contribution in [0.1, 0.15) is 17.3 Å². The zero-order chi connectivity index (χ0) is 17.2. The maximum Gasteiger partial charge on any atom is 0.146 e. The lowest BCUT2D eigenvalue weighted by Gasteiger charge is -2.15. The molecular weight excluding hydrogens is 316 g/mol. The minimum absolute atomic E-state index is 0.182. The summed E-state index contributed by atoms with van der Waals surface area (Å²) in [5, 5.41) is 18.4. The van der Waals surface area contributed by atoms with Gasteiger partial charge in [-0.3, -0.25) is 9.58 Å². The van der Waals surface area contributed by atoms with Gasteiger partial charge < -0.3 is 5.11 Å². The molecule has 130 valence electrons. The molecular formula is C18H22N6O. The molecule has 2 atom stereocenters. The Kier molecular flexibility index (Phi) is 4.33. The number of aliphatic hydroxyl groups is 1. The monoisotopic (exact) mass is 338 g/mol. The molecule has 1 aliphatic heterocycles. The van der Waals surface area contributed by atoms with Crippen LogP contribution in [0.2, 0.25) is 0 Å². The smallest absolute Gasteiger partial charge is 0.146 e. The molecule has 7 nitrogen and oxygen atoms in total. The van der Waals surface area contributed by atoms with Gasteiger partial charge in [0.25, 0.3) is 0 Å². The van der Waals surface area contributed by atoms with Crippen molar-refractivity contribution in [1.29, 1.82) is 0 Å². The number of hydrogen-bond acceptors (Lipinski definition) is 5. The second kappa shape index (κ2) is 6.78. The molecule has 1 aliphatic rings. The lowest BCUT2D eigenvalue weighted by Crippen LogP contribution is -2.23. The fraction of sp³-hybridized carbons (Fsp3) is 0.389. The quantitative estimate of drug-likeness (QED) is 0.757. The Labute approximate surface area is 146 Å². The summed E-state index contributed by atoms with van der Waals surface area (Å²) in [4.78, 5) is 6.78. The summed E-state index contributed by atoms with van der Waals surface area (Å²) < 4.78 is 3.70. The standard InChI is InChI=1S/C18H22N6O/c1-22-8-14(7-20-22)17-10-23(9-15(17)12-25)11-18-19-13-21-24(18)16-5-3-2-4-6-16/h2-8,13,15,17,25H,9-12H2,1H3/t15-,17-/m0/s1. The molecule has 4 rings (SSSR count). The van der Waals surface area contributed by atoms with Gasteiger partial charge in [0.05, 0.1) is 18.4 Å². The van der Waals surface area contributed by atoms with Crippen LogP contribution in [0.3, 0.4) is 0 Å². The molecule has 7 heteroatoms. The van der Waals surface area contributed by atoms with Crippen LogP contribution in [0.25, 0.3) is 5.69 Å². The van der Waals surface area contributed by atoms with Crippen molar-refractivity contribution in [1.82, 2.24) is 29.4 Å². The van der Waals surface area contributed by atoms with Gasteiger partial charge in [0.15, 0.2) is 0 Å². The van der Waals surface area contributed by atoms with E-state index in [1.54, 1.807) is 6.33 Å². The lowest BCUT2D eigenvalue weighted by molar-refractivity contribution is 0.213. The van der Waals surface area contributed by atoms with Gasteiger partial charge in [-0.2, -0.15) is 10.2 Å².